The molecule has 0 atom stereocenters. The number of carbonyl (C=O) groups is 1. The van der Waals surface area contributed by atoms with Gasteiger partial charge >= 0.3 is 6.09 Å². The number of ether oxygens (including phenoxy) is 1. The average molecular weight is 361 g/mol. The van der Waals surface area contributed by atoms with Crippen molar-refractivity contribution in [2.75, 3.05) is 13.1 Å². The number of rotatable bonds is 6. The van der Waals surface area contributed by atoms with Crippen molar-refractivity contribution < 1.29 is 13.9 Å². The summed E-state index contributed by atoms with van der Waals surface area (Å²) in [4.78, 5) is 13.8. The predicted molar refractivity (Wildman–Crippen MR) is 86.2 cm³/mol. The van der Waals surface area contributed by atoms with Gasteiger partial charge in [-0.05, 0) is 62.7 Å². The topological polar surface area (TPSA) is 54.7 Å². The third-order valence-corrected chi connectivity index (χ3v) is 3.14. The minimum Gasteiger partial charge on any atom is -0.453 e. The summed E-state index contributed by atoms with van der Waals surface area (Å²) in [6, 6.07) is 3.86. The molecule has 0 aliphatic carbocycles. The molecule has 1 aromatic heterocycles. The molecule has 0 aromatic carbocycles. The van der Waals surface area contributed by atoms with Gasteiger partial charge in [0.2, 0.25) is 0 Å². The molecule has 1 N–H and O–H groups in total. The van der Waals surface area contributed by atoms with Crippen LogP contribution in [0.3, 0.4) is 0 Å². The Morgan fingerprint density at radius 1 is 1.43 bits per heavy atom. The summed E-state index contributed by atoms with van der Waals surface area (Å²) in [6.07, 6.45) is -0.278. The Morgan fingerprint density at radius 3 is 2.57 bits per heavy atom. The van der Waals surface area contributed by atoms with E-state index in [1.54, 1.807) is 4.90 Å². The zero-order valence-corrected chi connectivity index (χ0v) is 15.0. The number of halogens is 1. The Kier molecular flexibility index (Phi) is 6.74. The third-order valence-electron chi connectivity index (χ3n) is 2.71. The summed E-state index contributed by atoms with van der Waals surface area (Å²) in [5.74, 6) is 0.857. The lowest BCUT2D eigenvalue weighted by Crippen LogP contribution is -2.44. The van der Waals surface area contributed by atoms with Gasteiger partial charge in [0.15, 0.2) is 4.67 Å². The summed E-state index contributed by atoms with van der Waals surface area (Å²) < 4.78 is 11.5. The number of hydrogen-bond acceptors (Lipinski definition) is 4. The number of amides is 1. The second-order valence-corrected chi connectivity index (χ2v) is 6.93. The highest BCUT2D eigenvalue weighted by Gasteiger charge is 2.23. The van der Waals surface area contributed by atoms with Gasteiger partial charge in [0.25, 0.3) is 0 Å². The quantitative estimate of drug-likeness (QED) is 0.784. The first kappa shape index (κ1) is 18.0. The van der Waals surface area contributed by atoms with Crippen molar-refractivity contribution in [2.45, 2.75) is 52.8 Å². The van der Waals surface area contributed by atoms with Crippen LogP contribution in [0.25, 0.3) is 0 Å². The van der Waals surface area contributed by atoms with Crippen LogP contribution >= 0.6 is 15.9 Å². The number of nitrogens with zero attached hydrogens (tertiary/aromatic N) is 1. The first-order chi connectivity index (χ1) is 9.69. The van der Waals surface area contributed by atoms with Crippen LogP contribution in [-0.2, 0) is 11.3 Å². The van der Waals surface area contributed by atoms with E-state index in [0.717, 1.165) is 10.4 Å². The first-order valence-corrected chi connectivity index (χ1v) is 7.93. The molecule has 0 fully saturated rings. The van der Waals surface area contributed by atoms with Crippen molar-refractivity contribution in [3.63, 3.8) is 0 Å². The molecule has 0 aliphatic rings. The van der Waals surface area contributed by atoms with Gasteiger partial charge in [0.05, 0.1) is 6.54 Å². The second kappa shape index (κ2) is 7.84. The molecular weight excluding hydrogens is 336 g/mol. The van der Waals surface area contributed by atoms with Gasteiger partial charge in [-0.2, -0.15) is 0 Å². The molecule has 1 aromatic rings. The molecular formula is C15H25BrN2O3. The van der Waals surface area contributed by atoms with Gasteiger partial charge in [-0.1, -0.05) is 0 Å². The molecule has 0 unspecified atom stereocenters. The predicted octanol–water partition coefficient (Wildman–Crippen LogP) is 3.78. The molecule has 0 saturated carbocycles. The zero-order chi connectivity index (χ0) is 16.0. The lowest BCUT2D eigenvalue weighted by Gasteiger charge is -2.30. The molecule has 21 heavy (non-hydrogen) atoms. The minimum absolute atomic E-state index is 0.0967. The van der Waals surface area contributed by atoms with Gasteiger partial charge in [0.1, 0.15) is 11.4 Å². The smallest absolute Gasteiger partial charge is 0.410 e. The highest BCUT2D eigenvalue weighted by molar-refractivity contribution is 9.10. The van der Waals surface area contributed by atoms with Gasteiger partial charge in [-0.3, -0.25) is 0 Å². The van der Waals surface area contributed by atoms with Crippen LogP contribution in [0.5, 0.6) is 0 Å². The highest BCUT2D eigenvalue weighted by atomic mass is 79.9. The molecule has 0 spiro atoms. The van der Waals surface area contributed by atoms with Gasteiger partial charge < -0.3 is 19.4 Å². The largest absolute Gasteiger partial charge is 0.453 e. The molecule has 5 nitrogen and oxygen atoms in total. The summed E-state index contributed by atoms with van der Waals surface area (Å²) in [7, 11) is 0. The van der Waals surface area contributed by atoms with E-state index < -0.39 is 5.60 Å². The lowest BCUT2D eigenvalue weighted by atomic mass is 10.2. The standard InChI is InChI=1S/C15H25BrN2O3/c1-11(2)18(14(19)21-15(3,4)5)9-8-17-10-12-6-7-13(16)20-12/h6-7,11,17H,8-10H2,1-5H3. The molecule has 6 heteroatoms. The van der Waals surface area contributed by atoms with Crippen molar-refractivity contribution in [1.82, 2.24) is 10.2 Å². The highest BCUT2D eigenvalue weighted by Crippen LogP contribution is 2.14. The summed E-state index contributed by atoms with van der Waals surface area (Å²) in [6.45, 7) is 11.5. The van der Waals surface area contributed by atoms with Crippen LogP contribution in [0, 0.1) is 0 Å². The normalized spacial score (nSPS) is 11.8. The number of furan rings is 1. The summed E-state index contributed by atoms with van der Waals surface area (Å²) >= 11 is 3.27. The van der Waals surface area contributed by atoms with E-state index in [4.69, 9.17) is 9.15 Å². The zero-order valence-electron chi connectivity index (χ0n) is 13.4. The van der Waals surface area contributed by atoms with E-state index in [2.05, 4.69) is 21.2 Å². The molecule has 120 valence electrons. The maximum atomic E-state index is 12.1. The summed E-state index contributed by atoms with van der Waals surface area (Å²) in [5, 5.41) is 3.25. The van der Waals surface area contributed by atoms with Crippen molar-refractivity contribution in [3.05, 3.63) is 22.6 Å². The van der Waals surface area contributed by atoms with Gasteiger partial charge in [0, 0.05) is 19.1 Å². The molecule has 0 saturated heterocycles. The molecule has 0 aliphatic heterocycles. The fourth-order valence-corrected chi connectivity index (χ4v) is 2.08. The number of nitrogens with one attached hydrogen (secondary N) is 1. The average Bonchev–Trinajstić information content (AvgIpc) is 2.71. The van der Waals surface area contributed by atoms with Crippen molar-refractivity contribution in [3.8, 4) is 0 Å². The Hall–Kier alpha value is -1.01. The van der Waals surface area contributed by atoms with Crippen molar-refractivity contribution in [1.29, 1.82) is 0 Å². The van der Waals surface area contributed by atoms with Gasteiger partial charge in [-0.15, -0.1) is 0 Å². The van der Waals surface area contributed by atoms with E-state index in [0.29, 0.717) is 19.6 Å². The Balaban J connectivity index is 2.39. The maximum Gasteiger partial charge on any atom is 0.410 e. The Labute approximate surface area is 135 Å². The van der Waals surface area contributed by atoms with Crippen LogP contribution in [0.4, 0.5) is 4.79 Å². The molecule has 0 bridgehead atoms. The molecule has 1 amide bonds. The third kappa shape index (κ3) is 7.00. The van der Waals surface area contributed by atoms with Crippen LogP contribution in [0.15, 0.2) is 21.2 Å². The van der Waals surface area contributed by atoms with Crippen LogP contribution in [-0.4, -0.2) is 35.7 Å². The van der Waals surface area contributed by atoms with Crippen LogP contribution < -0.4 is 5.32 Å². The van der Waals surface area contributed by atoms with Gasteiger partial charge in [-0.25, -0.2) is 4.79 Å². The number of hydrogen-bond donors (Lipinski definition) is 1. The first-order valence-electron chi connectivity index (χ1n) is 7.13. The number of carbonyl (C=O) groups excluding carboxylic acids is 1. The molecule has 1 rings (SSSR count). The second-order valence-electron chi connectivity index (χ2n) is 6.15. The monoisotopic (exact) mass is 360 g/mol. The lowest BCUT2D eigenvalue weighted by molar-refractivity contribution is 0.0193. The Bertz CT molecular complexity index is 452. The fraction of sp³-hybridized carbons (Fsp3) is 0.667. The molecule has 0 radical (unpaired) electrons. The Morgan fingerprint density at radius 2 is 2.10 bits per heavy atom. The summed E-state index contributed by atoms with van der Waals surface area (Å²) in [5.41, 5.74) is -0.474. The maximum absolute atomic E-state index is 12.1. The van der Waals surface area contributed by atoms with E-state index in [1.807, 2.05) is 46.8 Å². The van der Waals surface area contributed by atoms with Crippen molar-refractivity contribution >= 4 is 22.0 Å². The van der Waals surface area contributed by atoms with Crippen molar-refractivity contribution in [2.24, 2.45) is 0 Å². The van der Waals surface area contributed by atoms with E-state index in [-0.39, 0.29) is 12.1 Å². The van der Waals surface area contributed by atoms with E-state index >= 15 is 0 Å². The van der Waals surface area contributed by atoms with Crippen LogP contribution in [0.1, 0.15) is 40.4 Å². The minimum atomic E-state index is -0.474. The van der Waals surface area contributed by atoms with Crippen LogP contribution in [0.2, 0.25) is 0 Å². The SMILES string of the molecule is CC(C)N(CCNCc1ccc(Br)o1)C(=O)OC(C)(C)C. The fourth-order valence-electron chi connectivity index (χ4n) is 1.74. The molecule has 1 heterocycles. The van der Waals surface area contributed by atoms with E-state index in [1.165, 1.54) is 0 Å². The van der Waals surface area contributed by atoms with E-state index in [9.17, 15) is 4.79 Å².